The summed E-state index contributed by atoms with van der Waals surface area (Å²) in [7, 11) is 0. The first-order valence-corrected chi connectivity index (χ1v) is 2.06. The standard InChI is InChI=1S/C5H12N2/c6-5-2-1-3-7-4-5/h5,7H,1-4,6H2/t5-/m0/s1/i1D2,2D2,5D/hD3. The Kier molecular flexibility index (Phi) is 0.356. The van der Waals surface area contributed by atoms with Gasteiger partial charge in [-0.2, -0.15) is 0 Å². The van der Waals surface area contributed by atoms with Gasteiger partial charge in [0.1, 0.15) is 4.24 Å². The molecule has 7 heavy (non-hydrogen) atoms. The number of nitrogens with one attached hydrogen (secondary N) is 1. The van der Waals surface area contributed by atoms with Crippen molar-refractivity contribution in [3.63, 3.8) is 0 Å². The predicted molar refractivity (Wildman–Crippen MR) is 30.1 cm³/mol. The summed E-state index contributed by atoms with van der Waals surface area (Å²) in [5, 5.41) is 0.671. The maximum absolute atomic E-state index is 7.64. The van der Waals surface area contributed by atoms with Crippen LogP contribution in [0.2, 0.25) is 4.24 Å². The van der Waals surface area contributed by atoms with Crippen molar-refractivity contribution in [3.8, 4) is 0 Å². The molecule has 0 bridgehead atoms. The van der Waals surface area contributed by atoms with E-state index in [1.54, 1.807) is 0 Å². The lowest BCUT2D eigenvalue weighted by Crippen LogP contribution is -2.39. The van der Waals surface area contributed by atoms with E-state index in [4.69, 9.17) is 11.1 Å². The molecule has 0 aromatic carbocycles. The molecule has 1 fully saturated rings. The van der Waals surface area contributed by atoms with E-state index in [0.29, 0.717) is 5.31 Å². The van der Waals surface area contributed by atoms with Crippen molar-refractivity contribution in [2.45, 2.75) is 18.8 Å². The van der Waals surface area contributed by atoms with Gasteiger partial charge in [0.2, 0.25) is 0 Å². The zero-order chi connectivity index (χ0) is 12.1. The summed E-state index contributed by atoms with van der Waals surface area (Å²) < 4.78 is 58.8. The van der Waals surface area contributed by atoms with Crippen LogP contribution in [0.25, 0.3) is 0 Å². The highest BCUT2D eigenvalue weighted by Gasteiger charge is 2.05. The highest BCUT2D eigenvalue weighted by molar-refractivity contribution is 4.69. The lowest BCUT2D eigenvalue weighted by atomic mass is 10.1. The maximum Gasteiger partial charge on any atom is 0.122 e. The van der Waals surface area contributed by atoms with Crippen molar-refractivity contribution >= 4 is 0 Å². The Labute approximate surface area is 55.5 Å². The average Bonchev–Trinajstić information content (AvgIpc) is 1.99. The van der Waals surface area contributed by atoms with Gasteiger partial charge in [0, 0.05) is 19.4 Å². The lowest BCUT2D eigenvalue weighted by molar-refractivity contribution is 0.459. The molecule has 42 valence electrons. The fraction of sp³-hybridized carbons (Fsp3) is 1.00. The zero-order valence-electron chi connectivity index (χ0n) is 11.8. The molecule has 2 heteroatoms. The van der Waals surface area contributed by atoms with E-state index in [1.807, 2.05) is 0 Å². The van der Waals surface area contributed by atoms with Gasteiger partial charge in [-0.1, -0.05) is 0 Å². The first kappa shape index (κ1) is 1.09. The second kappa shape index (κ2) is 2.28. The highest BCUT2D eigenvalue weighted by atomic mass is 14.9. The Morgan fingerprint density at radius 3 is 4.14 bits per heavy atom. The molecule has 0 aromatic heterocycles. The van der Waals surface area contributed by atoms with E-state index in [-0.39, 0.29) is 5.72 Å². The Balaban J connectivity index is 3.16. The van der Waals surface area contributed by atoms with Gasteiger partial charge in [0.15, 0.2) is 0 Å². The molecule has 0 aliphatic carbocycles. The summed E-state index contributed by atoms with van der Waals surface area (Å²) in [6.45, 7) is -0.985. The SMILES string of the molecule is [2H]N1CC([2H])([2H])C([2H])([2H])[C@]([2H])(N([2H])[2H])C1. The summed E-state index contributed by atoms with van der Waals surface area (Å²) in [6, 6.07) is -2.41. The second-order valence-corrected chi connectivity index (χ2v) is 1.29. The second-order valence-electron chi connectivity index (χ2n) is 1.29. The largest absolute Gasteiger partial charge is 0.327 e. The molecule has 1 rings (SSSR count). The first-order chi connectivity index (χ1) is 6.54. The van der Waals surface area contributed by atoms with Crippen LogP contribution >= 0.6 is 0 Å². The highest BCUT2D eigenvalue weighted by Crippen LogP contribution is 1.96. The topological polar surface area (TPSA) is 38.0 Å². The molecule has 1 aliphatic rings. The molecule has 1 heterocycles. The number of piperidine rings is 1. The van der Waals surface area contributed by atoms with Crippen LogP contribution in [0.3, 0.4) is 0 Å². The van der Waals surface area contributed by atoms with Crippen LogP contribution in [-0.4, -0.2) is 19.1 Å². The predicted octanol–water partition coefficient (Wildman–Crippen LogP) is -0.303. The molecule has 0 saturated carbocycles. The molecular formula is C5H12N2. The van der Waals surface area contributed by atoms with E-state index < -0.39 is 31.9 Å². The molecule has 1 saturated heterocycles. The van der Waals surface area contributed by atoms with Crippen LogP contribution in [0.5, 0.6) is 0 Å². The van der Waals surface area contributed by atoms with E-state index >= 15 is 0 Å². The van der Waals surface area contributed by atoms with Crippen LogP contribution in [0.4, 0.5) is 0 Å². The van der Waals surface area contributed by atoms with Crippen LogP contribution in [0.1, 0.15) is 19.6 Å². The van der Waals surface area contributed by atoms with Crippen molar-refractivity contribution in [3.05, 3.63) is 0 Å². The zero-order valence-corrected chi connectivity index (χ0v) is 3.81. The molecule has 1 atom stereocenters. The summed E-state index contributed by atoms with van der Waals surface area (Å²) in [4.78, 5) is 0. The summed E-state index contributed by atoms with van der Waals surface area (Å²) in [5.74, 6) is 0. The minimum Gasteiger partial charge on any atom is -0.327 e. The third-order valence-corrected chi connectivity index (χ3v) is 0.685. The Morgan fingerprint density at radius 1 is 2.29 bits per heavy atom. The number of rotatable bonds is 1. The molecule has 0 aromatic rings. The summed E-state index contributed by atoms with van der Waals surface area (Å²) in [5.41, 5.74) is -0.175. The molecule has 2 nitrogen and oxygen atoms in total. The maximum atomic E-state index is 7.64. The van der Waals surface area contributed by atoms with Crippen LogP contribution in [0, 0.1) is 0 Å². The summed E-state index contributed by atoms with van der Waals surface area (Å²) in [6.07, 6.45) is -5.11. The van der Waals surface area contributed by atoms with Crippen molar-refractivity contribution in [1.29, 1.82) is 0 Å². The van der Waals surface area contributed by atoms with Crippen molar-refractivity contribution < 1.29 is 11.1 Å². The van der Waals surface area contributed by atoms with Gasteiger partial charge in [-0.05, 0) is 19.3 Å². The van der Waals surface area contributed by atoms with Gasteiger partial charge >= 0.3 is 0 Å². The molecule has 0 amide bonds. The lowest BCUT2D eigenvalue weighted by Gasteiger charge is -2.17. The quantitative estimate of drug-likeness (QED) is 0.484. The average molecular weight is 108 g/mol. The monoisotopic (exact) mass is 108 g/mol. The van der Waals surface area contributed by atoms with Gasteiger partial charge in [-0.15, -0.1) is 0 Å². The van der Waals surface area contributed by atoms with Crippen LogP contribution < -0.4 is 11.0 Å². The Bertz CT molecular complexity index is 255. The molecular weight excluding hydrogens is 88.1 g/mol. The van der Waals surface area contributed by atoms with Crippen molar-refractivity contribution in [2.75, 3.05) is 13.1 Å². The van der Waals surface area contributed by atoms with E-state index in [0.717, 1.165) is 0 Å². The number of hydrogen-bond acceptors (Lipinski definition) is 2. The fourth-order valence-corrected chi connectivity index (χ4v) is 0.399. The third-order valence-electron chi connectivity index (χ3n) is 0.685. The minimum atomic E-state index is -2.68. The number of nitrogens with two attached hydrogens (primary N) is 1. The van der Waals surface area contributed by atoms with Gasteiger partial charge in [0.25, 0.3) is 0 Å². The Morgan fingerprint density at radius 2 is 3.29 bits per heavy atom. The van der Waals surface area contributed by atoms with Gasteiger partial charge < -0.3 is 11.0 Å². The third kappa shape index (κ3) is 1.45. The normalized spacial score (nSPS) is 77.9. The van der Waals surface area contributed by atoms with Crippen molar-refractivity contribution in [2.24, 2.45) is 5.72 Å². The van der Waals surface area contributed by atoms with Gasteiger partial charge in [0.05, 0.1) is 0 Å². The first-order valence-electron chi connectivity index (χ1n) is 5.90. The fourth-order valence-electron chi connectivity index (χ4n) is 0.399. The summed E-state index contributed by atoms with van der Waals surface area (Å²) >= 11 is 0. The molecule has 0 radical (unpaired) electrons. The Hall–Kier alpha value is -0.0800. The van der Waals surface area contributed by atoms with Gasteiger partial charge in [-0.3, -0.25) is 0 Å². The number of hydrogen-bond donors (Lipinski definition) is 2. The van der Waals surface area contributed by atoms with Crippen LogP contribution in [-0.2, 0) is 0 Å². The van der Waals surface area contributed by atoms with Crippen LogP contribution in [0.15, 0.2) is 0 Å². The molecule has 0 spiro atoms. The van der Waals surface area contributed by atoms with E-state index in [1.165, 1.54) is 0 Å². The molecule has 1 aliphatic heterocycles. The minimum absolute atomic E-state index is 0.175. The van der Waals surface area contributed by atoms with E-state index in [2.05, 4.69) is 0 Å². The smallest absolute Gasteiger partial charge is 0.122 e. The molecule has 0 unspecified atom stereocenters. The van der Waals surface area contributed by atoms with Gasteiger partial charge in [-0.25, -0.2) is 0 Å². The van der Waals surface area contributed by atoms with Crippen molar-refractivity contribution in [1.82, 2.24) is 5.31 Å². The molecule has 3 N–H and O–H groups in total. The van der Waals surface area contributed by atoms with E-state index in [9.17, 15) is 0 Å².